The van der Waals surface area contributed by atoms with E-state index >= 15 is 0 Å². The average Bonchev–Trinajstić information content (AvgIpc) is 3.17. The van der Waals surface area contributed by atoms with E-state index in [1.54, 1.807) is 7.11 Å². The number of ether oxygens (including phenoxy) is 2. The lowest BCUT2D eigenvalue weighted by Gasteiger charge is -2.23. The Morgan fingerprint density at radius 1 is 1.19 bits per heavy atom. The summed E-state index contributed by atoms with van der Waals surface area (Å²) in [5, 5.41) is 7.32. The van der Waals surface area contributed by atoms with Crippen molar-refractivity contribution in [2.24, 2.45) is 0 Å². The van der Waals surface area contributed by atoms with Gasteiger partial charge in [-0.25, -0.2) is 0 Å². The molecule has 2 atom stereocenters. The first-order chi connectivity index (χ1) is 15.0. The van der Waals surface area contributed by atoms with Gasteiger partial charge in [-0.1, -0.05) is 35.9 Å². The van der Waals surface area contributed by atoms with Gasteiger partial charge in [-0.3, -0.25) is 9.69 Å². The highest BCUT2D eigenvalue weighted by Gasteiger charge is 2.36. The molecule has 2 aromatic carbocycles. The summed E-state index contributed by atoms with van der Waals surface area (Å²) in [4.78, 5) is 14.9. The number of hydrogen-bond acceptors (Lipinski definition) is 5. The van der Waals surface area contributed by atoms with Gasteiger partial charge in [0.25, 0.3) is 0 Å². The number of carbonyl (C=O) groups excluding carboxylic acids is 1. The van der Waals surface area contributed by atoms with E-state index in [1.807, 2.05) is 56.3 Å². The van der Waals surface area contributed by atoms with Gasteiger partial charge >= 0.3 is 0 Å². The fourth-order valence-corrected chi connectivity index (χ4v) is 4.19. The zero-order chi connectivity index (χ0) is 22.2. The van der Waals surface area contributed by atoms with Crippen molar-refractivity contribution in [3.63, 3.8) is 0 Å². The second-order valence-electron chi connectivity index (χ2n) is 7.66. The molecule has 7 heteroatoms. The van der Waals surface area contributed by atoms with E-state index < -0.39 is 0 Å². The van der Waals surface area contributed by atoms with Gasteiger partial charge in [-0.05, 0) is 49.6 Å². The molecular formula is C24H32ClN3O3. The molecule has 0 unspecified atom stereocenters. The predicted molar refractivity (Wildman–Crippen MR) is 124 cm³/mol. The molecule has 6 nitrogen and oxygen atoms in total. The molecule has 1 heterocycles. The molecular weight excluding hydrogens is 414 g/mol. The first-order valence-electron chi connectivity index (χ1n) is 10.8. The summed E-state index contributed by atoms with van der Waals surface area (Å²) >= 11 is 6.37. The van der Waals surface area contributed by atoms with Crippen molar-refractivity contribution in [1.82, 2.24) is 15.5 Å². The molecule has 2 N–H and O–H groups in total. The van der Waals surface area contributed by atoms with Crippen LogP contribution in [0.5, 0.6) is 11.5 Å². The number of amides is 1. The van der Waals surface area contributed by atoms with Gasteiger partial charge in [-0.15, -0.1) is 0 Å². The summed E-state index contributed by atoms with van der Waals surface area (Å²) in [6, 6.07) is 13.8. The fraction of sp³-hybridized carbons (Fsp3) is 0.458. The van der Waals surface area contributed by atoms with Gasteiger partial charge in [0, 0.05) is 37.2 Å². The Balaban J connectivity index is 1.67. The Hall–Kier alpha value is -2.28. The Morgan fingerprint density at radius 3 is 2.71 bits per heavy atom. The maximum Gasteiger partial charge on any atom is 0.237 e. The molecule has 0 aromatic heterocycles. The number of halogens is 1. The van der Waals surface area contributed by atoms with Crippen molar-refractivity contribution < 1.29 is 14.3 Å². The second-order valence-corrected chi connectivity index (χ2v) is 8.07. The van der Waals surface area contributed by atoms with Crippen LogP contribution in [-0.2, 0) is 17.9 Å². The Bertz CT molecular complexity index is 877. The maximum absolute atomic E-state index is 12.7. The molecule has 0 saturated carbocycles. The highest BCUT2D eigenvalue weighted by molar-refractivity contribution is 6.31. The number of likely N-dealkylation sites (tertiary alicyclic amines) is 1. The van der Waals surface area contributed by atoms with E-state index in [9.17, 15) is 4.79 Å². The summed E-state index contributed by atoms with van der Waals surface area (Å²) in [7, 11) is 1.64. The molecule has 1 aliphatic heterocycles. The van der Waals surface area contributed by atoms with Crippen LogP contribution in [-0.4, -0.2) is 49.7 Å². The normalized spacial score (nSPS) is 18.7. The molecule has 168 valence electrons. The van der Waals surface area contributed by atoms with Crippen LogP contribution in [0.3, 0.4) is 0 Å². The third-order valence-electron chi connectivity index (χ3n) is 5.51. The molecule has 1 aliphatic rings. The largest absolute Gasteiger partial charge is 0.493 e. The van der Waals surface area contributed by atoms with E-state index in [2.05, 4.69) is 15.5 Å². The van der Waals surface area contributed by atoms with Crippen LogP contribution in [0.15, 0.2) is 42.5 Å². The monoisotopic (exact) mass is 445 g/mol. The minimum Gasteiger partial charge on any atom is -0.493 e. The molecule has 0 spiro atoms. The number of carbonyl (C=O) groups is 1. The number of nitrogens with zero attached hydrogens (tertiary/aromatic N) is 1. The van der Waals surface area contributed by atoms with Gasteiger partial charge in [-0.2, -0.15) is 0 Å². The van der Waals surface area contributed by atoms with Crippen LogP contribution in [0, 0.1) is 0 Å². The smallest absolute Gasteiger partial charge is 0.237 e. The predicted octanol–water partition coefficient (Wildman–Crippen LogP) is 3.62. The highest BCUT2D eigenvalue weighted by atomic mass is 35.5. The van der Waals surface area contributed by atoms with Crippen LogP contribution >= 0.6 is 11.6 Å². The van der Waals surface area contributed by atoms with E-state index in [1.165, 1.54) is 0 Å². The summed E-state index contributed by atoms with van der Waals surface area (Å²) < 4.78 is 11.1. The van der Waals surface area contributed by atoms with Gasteiger partial charge in [0.2, 0.25) is 5.91 Å². The molecule has 1 fully saturated rings. The Morgan fingerprint density at radius 2 is 2.00 bits per heavy atom. The van der Waals surface area contributed by atoms with Crippen LogP contribution < -0.4 is 20.1 Å². The van der Waals surface area contributed by atoms with Gasteiger partial charge in [0.1, 0.15) is 0 Å². The lowest BCUT2D eigenvalue weighted by Crippen LogP contribution is -2.42. The zero-order valence-corrected chi connectivity index (χ0v) is 19.2. The van der Waals surface area contributed by atoms with Gasteiger partial charge < -0.3 is 20.1 Å². The highest BCUT2D eigenvalue weighted by Crippen LogP contribution is 2.29. The molecule has 0 aliphatic carbocycles. The zero-order valence-electron chi connectivity index (χ0n) is 18.5. The summed E-state index contributed by atoms with van der Waals surface area (Å²) in [6.07, 6.45) is 0.755. The molecule has 3 rings (SSSR count). The topological polar surface area (TPSA) is 62.8 Å². The van der Waals surface area contributed by atoms with E-state index in [-0.39, 0.29) is 18.0 Å². The number of methoxy groups -OCH3 is 1. The minimum absolute atomic E-state index is 0.0712. The fourth-order valence-electron chi connectivity index (χ4n) is 4.00. The third kappa shape index (κ3) is 6.12. The van der Waals surface area contributed by atoms with Crippen LogP contribution in [0.4, 0.5) is 0 Å². The standard InChI is InChI=1S/C24H32ClN3O3/c1-4-26-24(29)21-13-19(16-28(21)15-18-8-6-7-9-20(18)25)27-14-17-10-11-22(30-3)23(12-17)31-5-2/h6-12,19,21,27H,4-5,13-16H2,1-3H3,(H,26,29)/t19-,21-/m0/s1. The molecule has 0 radical (unpaired) electrons. The summed E-state index contributed by atoms with van der Waals surface area (Å²) in [5.41, 5.74) is 2.15. The maximum atomic E-state index is 12.7. The quantitative estimate of drug-likeness (QED) is 0.585. The number of rotatable bonds is 10. The van der Waals surface area contributed by atoms with Gasteiger partial charge in [0.15, 0.2) is 11.5 Å². The van der Waals surface area contributed by atoms with E-state index in [0.29, 0.717) is 26.2 Å². The summed E-state index contributed by atoms with van der Waals surface area (Å²) in [5.74, 6) is 1.55. The molecule has 0 bridgehead atoms. The first kappa shape index (κ1) is 23.4. The first-order valence-corrected chi connectivity index (χ1v) is 11.2. The van der Waals surface area contributed by atoms with Crippen molar-refractivity contribution in [2.75, 3.05) is 26.8 Å². The molecule has 1 amide bonds. The van der Waals surface area contributed by atoms with Crippen molar-refractivity contribution in [2.45, 2.75) is 45.4 Å². The Kier molecular flexibility index (Phi) is 8.58. The van der Waals surface area contributed by atoms with E-state index in [0.717, 1.165) is 40.6 Å². The number of likely N-dealkylation sites (N-methyl/N-ethyl adjacent to an activating group) is 1. The number of nitrogens with one attached hydrogen (secondary N) is 2. The van der Waals surface area contributed by atoms with E-state index in [4.69, 9.17) is 21.1 Å². The lowest BCUT2D eigenvalue weighted by atomic mass is 10.1. The van der Waals surface area contributed by atoms with Crippen molar-refractivity contribution in [1.29, 1.82) is 0 Å². The van der Waals surface area contributed by atoms with Crippen LogP contribution in [0.25, 0.3) is 0 Å². The van der Waals surface area contributed by atoms with Crippen LogP contribution in [0.2, 0.25) is 5.02 Å². The van der Waals surface area contributed by atoms with Gasteiger partial charge in [0.05, 0.1) is 19.8 Å². The minimum atomic E-state index is -0.177. The Labute approximate surface area is 189 Å². The number of benzene rings is 2. The molecule has 31 heavy (non-hydrogen) atoms. The molecule has 2 aromatic rings. The van der Waals surface area contributed by atoms with Crippen molar-refractivity contribution >= 4 is 17.5 Å². The van der Waals surface area contributed by atoms with Crippen LogP contribution in [0.1, 0.15) is 31.4 Å². The average molecular weight is 446 g/mol. The molecule has 1 saturated heterocycles. The second kappa shape index (κ2) is 11.4. The number of hydrogen-bond donors (Lipinski definition) is 2. The van der Waals surface area contributed by atoms with Crippen molar-refractivity contribution in [3.8, 4) is 11.5 Å². The SMILES string of the molecule is CCNC(=O)[C@@H]1C[C@H](NCc2ccc(OC)c(OCC)c2)CN1Cc1ccccc1Cl. The summed E-state index contributed by atoms with van der Waals surface area (Å²) in [6.45, 7) is 7.23. The lowest BCUT2D eigenvalue weighted by molar-refractivity contribution is -0.125. The third-order valence-corrected chi connectivity index (χ3v) is 5.88. The van der Waals surface area contributed by atoms with Crippen molar-refractivity contribution in [3.05, 3.63) is 58.6 Å².